The molecule has 5 atom stereocenters. The molecule has 0 aliphatic carbocycles. The molecule has 33 heavy (non-hydrogen) atoms. The van der Waals surface area contributed by atoms with Crippen LogP contribution in [0, 0.1) is 5.92 Å². The van der Waals surface area contributed by atoms with E-state index in [0.717, 1.165) is 6.42 Å². The lowest BCUT2D eigenvalue weighted by atomic mass is 9.97. The van der Waals surface area contributed by atoms with Crippen LogP contribution in [0.25, 0.3) is 0 Å². The van der Waals surface area contributed by atoms with Gasteiger partial charge in [-0.25, -0.2) is 4.79 Å². The zero-order valence-electron chi connectivity index (χ0n) is 19.4. The molecule has 0 aromatic heterocycles. The molecule has 5 unspecified atom stereocenters. The Hall–Kier alpha value is -2.34. The van der Waals surface area contributed by atoms with E-state index >= 15 is 0 Å². The third-order valence-electron chi connectivity index (χ3n) is 5.68. The van der Waals surface area contributed by atoms with E-state index in [4.69, 9.17) is 5.11 Å². The van der Waals surface area contributed by atoms with Gasteiger partial charge in [0, 0.05) is 6.42 Å². The molecule has 188 valence electrons. The predicted octanol–water partition coefficient (Wildman–Crippen LogP) is -0.0586. The van der Waals surface area contributed by atoms with Gasteiger partial charge in [0.15, 0.2) is 0 Å². The second kappa shape index (κ2) is 14.7. The number of amides is 3. The minimum atomic E-state index is -1.16. The van der Waals surface area contributed by atoms with Crippen molar-refractivity contribution in [1.82, 2.24) is 21.3 Å². The van der Waals surface area contributed by atoms with Crippen molar-refractivity contribution in [3.05, 3.63) is 0 Å². The lowest BCUT2D eigenvalue weighted by molar-refractivity contribution is -0.142. The lowest BCUT2D eigenvalue weighted by Crippen LogP contribution is -2.58. The Morgan fingerprint density at radius 2 is 1.73 bits per heavy atom. The number of rotatable bonds is 15. The maximum absolute atomic E-state index is 13.0. The molecule has 6 N–H and O–H groups in total. The Balaban J connectivity index is 2.94. The number of carbonyl (C=O) groups excluding carboxylic acids is 3. The van der Waals surface area contributed by atoms with Gasteiger partial charge in [-0.1, -0.05) is 20.3 Å². The van der Waals surface area contributed by atoms with Crippen molar-refractivity contribution < 1.29 is 34.2 Å². The number of nitrogens with one attached hydrogen (secondary N) is 4. The van der Waals surface area contributed by atoms with Crippen LogP contribution in [0.5, 0.6) is 0 Å². The minimum absolute atomic E-state index is 0.139. The van der Waals surface area contributed by atoms with Gasteiger partial charge < -0.3 is 31.5 Å². The zero-order valence-corrected chi connectivity index (χ0v) is 20.2. The Labute approximate surface area is 198 Å². The highest BCUT2D eigenvalue weighted by molar-refractivity contribution is 7.98. The molecule has 0 spiro atoms. The van der Waals surface area contributed by atoms with Crippen LogP contribution in [-0.2, 0) is 24.0 Å². The van der Waals surface area contributed by atoms with Crippen molar-refractivity contribution in [3.8, 4) is 0 Å². The van der Waals surface area contributed by atoms with E-state index < -0.39 is 53.8 Å². The topological polar surface area (TPSA) is 174 Å². The van der Waals surface area contributed by atoms with Crippen LogP contribution in [0.15, 0.2) is 0 Å². The van der Waals surface area contributed by atoms with Crippen LogP contribution in [0.3, 0.4) is 0 Å². The van der Waals surface area contributed by atoms with Crippen LogP contribution < -0.4 is 21.3 Å². The van der Waals surface area contributed by atoms with Gasteiger partial charge in [0.05, 0.1) is 6.04 Å². The Bertz CT molecular complexity index is 700. The highest BCUT2D eigenvalue weighted by Crippen LogP contribution is 2.12. The van der Waals surface area contributed by atoms with Crippen molar-refractivity contribution in [3.63, 3.8) is 0 Å². The second-order valence-corrected chi connectivity index (χ2v) is 9.18. The van der Waals surface area contributed by atoms with Gasteiger partial charge in [-0.2, -0.15) is 11.8 Å². The molecule has 1 saturated heterocycles. The number of hydrogen-bond donors (Lipinski definition) is 6. The molecule has 12 heteroatoms. The number of carboxylic acids is 2. The summed E-state index contributed by atoms with van der Waals surface area (Å²) in [7, 11) is 0. The van der Waals surface area contributed by atoms with Crippen LogP contribution in [0.2, 0.25) is 0 Å². The molecule has 3 amide bonds. The third kappa shape index (κ3) is 9.99. The average molecular weight is 489 g/mol. The molecular formula is C21H36N4O7S. The first-order chi connectivity index (χ1) is 15.6. The Morgan fingerprint density at radius 3 is 2.24 bits per heavy atom. The lowest BCUT2D eigenvalue weighted by Gasteiger charge is -2.28. The van der Waals surface area contributed by atoms with Crippen molar-refractivity contribution in [2.45, 2.75) is 76.5 Å². The predicted molar refractivity (Wildman–Crippen MR) is 124 cm³/mol. The quantitative estimate of drug-likeness (QED) is 0.184. The van der Waals surface area contributed by atoms with E-state index in [-0.39, 0.29) is 25.2 Å². The van der Waals surface area contributed by atoms with Gasteiger partial charge in [-0.15, -0.1) is 0 Å². The molecule has 1 aliphatic rings. The van der Waals surface area contributed by atoms with Gasteiger partial charge in [-0.3, -0.25) is 19.2 Å². The van der Waals surface area contributed by atoms with Crippen molar-refractivity contribution >= 4 is 41.4 Å². The molecule has 0 aromatic carbocycles. The first-order valence-electron chi connectivity index (χ1n) is 11.2. The Kier molecular flexibility index (Phi) is 12.8. The molecule has 0 saturated carbocycles. The fourth-order valence-corrected chi connectivity index (χ4v) is 3.90. The average Bonchev–Trinajstić information content (AvgIpc) is 3.31. The van der Waals surface area contributed by atoms with Gasteiger partial charge >= 0.3 is 11.9 Å². The van der Waals surface area contributed by atoms with Gasteiger partial charge in [0.25, 0.3) is 0 Å². The SMILES string of the molecule is CCC(C)C(NC(=O)C(CCC(=O)O)NC(=O)C1CCCN1)C(=O)NC(CCSC)C(=O)O. The van der Waals surface area contributed by atoms with E-state index in [1.807, 2.05) is 13.2 Å². The standard InChI is InChI=1S/C21H36N4O7S/c1-4-12(2)17(20(30)24-15(21(31)32)9-11-33-3)25-19(29)14(7-8-16(26)27)23-18(28)13-6-5-10-22-13/h12-15,17,22H,4-11H2,1-3H3,(H,23,28)(H,24,30)(H,25,29)(H,26,27)(H,31,32). The highest BCUT2D eigenvalue weighted by Gasteiger charge is 2.33. The summed E-state index contributed by atoms with van der Waals surface area (Å²) >= 11 is 1.45. The van der Waals surface area contributed by atoms with Crippen LogP contribution >= 0.6 is 11.8 Å². The van der Waals surface area contributed by atoms with E-state index in [1.165, 1.54) is 11.8 Å². The number of aliphatic carboxylic acids is 2. The summed E-state index contributed by atoms with van der Waals surface area (Å²) in [5, 5.41) is 29.1. The van der Waals surface area contributed by atoms with Crippen molar-refractivity contribution in [1.29, 1.82) is 0 Å². The van der Waals surface area contributed by atoms with E-state index in [9.17, 15) is 29.1 Å². The molecule has 0 radical (unpaired) electrons. The summed E-state index contributed by atoms with van der Waals surface area (Å²) in [5.74, 6) is -3.78. The molecule has 0 aromatic rings. The number of carboxylic acid groups (broad SMARTS) is 2. The monoisotopic (exact) mass is 488 g/mol. The second-order valence-electron chi connectivity index (χ2n) is 8.20. The molecule has 11 nitrogen and oxygen atoms in total. The minimum Gasteiger partial charge on any atom is -0.481 e. The fourth-order valence-electron chi connectivity index (χ4n) is 3.43. The molecule has 0 bridgehead atoms. The molecular weight excluding hydrogens is 452 g/mol. The largest absolute Gasteiger partial charge is 0.481 e. The normalized spacial score (nSPS) is 19.1. The number of carbonyl (C=O) groups is 5. The summed E-state index contributed by atoms with van der Waals surface area (Å²) in [5.41, 5.74) is 0. The Morgan fingerprint density at radius 1 is 1.03 bits per heavy atom. The zero-order chi connectivity index (χ0) is 25.0. The first kappa shape index (κ1) is 28.7. The maximum atomic E-state index is 13.0. The van der Waals surface area contributed by atoms with Crippen molar-refractivity contribution in [2.75, 3.05) is 18.6 Å². The van der Waals surface area contributed by atoms with Crippen LogP contribution in [-0.4, -0.2) is 82.6 Å². The maximum Gasteiger partial charge on any atom is 0.326 e. The van der Waals surface area contributed by atoms with E-state index in [1.54, 1.807) is 6.92 Å². The van der Waals surface area contributed by atoms with Gasteiger partial charge in [0.2, 0.25) is 17.7 Å². The third-order valence-corrected chi connectivity index (χ3v) is 6.32. The molecule has 1 rings (SSSR count). The van der Waals surface area contributed by atoms with E-state index in [0.29, 0.717) is 25.1 Å². The van der Waals surface area contributed by atoms with Crippen LogP contribution in [0.4, 0.5) is 0 Å². The first-order valence-corrected chi connectivity index (χ1v) is 12.6. The summed E-state index contributed by atoms with van der Waals surface area (Å²) in [4.78, 5) is 60.9. The highest BCUT2D eigenvalue weighted by atomic mass is 32.2. The van der Waals surface area contributed by atoms with Gasteiger partial charge in [0.1, 0.15) is 18.1 Å². The number of hydrogen-bond acceptors (Lipinski definition) is 7. The van der Waals surface area contributed by atoms with Crippen LogP contribution in [0.1, 0.15) is 52.4 Å². The molecule has 1 fully saturated rings. The molecule has 1 aliphatic heterocycles. The molecule has 1 heterocycles. The van der Waals surface area contributed by atoms with E-state index in [2.05, 4.69) is 21.3 Å². The summed E-state index contributed by atoms with van der Waals surface area (Å²) in [6, 6.07) is -3.72. The number of thioether (sulfide) groups is 1. The van der Waals surface area contributed by atoms with Gasteiger partial charge in [-0.05, 0) is 50.2 Å². The fraction of sp³-hybridized carbons (Fsp3) is 0.762. The summed E-state index contributed by atoms with van der Waals surface area (Å²) in [6.07, 6.45) is 3.54. The smallest absolute Gasteiger partial charge is 0.326 e. The summed E-state index contributed by atoms with van der Waals surface area (Å²) in [6.45, 7) is 4.26. The summed E-state index contributed by atoms with van der Waals surface area (Å²) < 4.78 is 0. The van der Waals surface area contributed by atoms with Crippen molar-refractivity contribution in [2.24, 2.45) is 5.92 Å².